The van der Waals surface area contributed by atoms with E-state index in [1.54, 1.807) is 12.4 Å². The predicted molar refractivity (Wildman–Crippen MR) is 86.1 cm³/mol. The van der Waals surface area contributed by atoms with Crippen molar-refractivity contribution in [2.45, 2.75) is 13.2 Å². The fourth-order valence-electron chi connectivity index (χ4n) is 1.93. The molecule has 0 aliphatic rings. The highest BCUT2D eigenvalue weighted by Gasteiger charge is 2.15. The summed E-state index contributed by atoms with van der Waals surface area (Å²) < 4.78 is 6.13. The van der Waals surface area contributed by atoms with E-state index in [2.05, 4.69) is 20.9 Å². The zero-order valence-corrected chi connectivity index (χ0v) is 13.6. The fraction of sp³-hybridized carbons (Fsp3) is 0.250. The van der Waals surface area contributed by atoms with Crippen LogP contribution < -0.4 is 0 Å². The molecule has 1 aromatic heterocycles. The van der Waals surface area contributed by atoms with Gasteiger partial charge < -0.3 is 14.7 Å². The Morgan fingerprint density at radius 3 is 2.68 bits per heavy atom. The first-order valence-corrected chi connectivity index (χ1v) is 7.64. The summed E-state index contributed by atoms with van der Waals surface area (Å²) >= 11 is 3.34. The third-order valence-corrected chi connectivity index (χ3v) is 3.40. The number of carbonyl (C=O) groups is 1. The minimum atomic E-state index is -0.460. The average molecular weight is 365 g/mol. The Labute approximate surface area is 137 Å². The quantitative estimate of drug-likeness (QED) is 0.855. The molecule has 0 fully saturated rings. The zero-order chi connectivity index (χ0) is 15.8. The first kappa shape index (κ1) is 16.5. The van der Waals surface area contributed by atoms with Gasteiger partial charge in [0.2, 0.25) is 0 Å². The van der Waals surface area contributed by atoms with Gasteiger partial charge >= 0.3 is 6.09 Å². The Morgan fingerprint density at radius 1 is 1.23 bits per heavy atom. The minimum Gasteiger partial charge on any atom is -0.445 e. The van der Waals surface area contributed by atoms with Gasteiger partial charge in [-0.2, -0.15) is 0 Å². The molecule has 0 aliphatic carbocycles. The molecule has 0 radical (unpaired) electrons. The van der Waals surface area contributed by atoms with Gasteiger partial charge in [0.15, 0.2) is 0 Å². The minimum absolute atomic E-state index is 0.123. The molecule has 1 N–H and O–H groups in total. The number of hydrogen-bond acceptors (Lipinski definition) is 4. The van der Waals surface area contributed by atoms with E-state index < -0.39 is 6.09 Å². The number of amides is 1. The average Bonchev–Trinajstić information content (AvgIpc) is 2.53. The SMILES string of the molecule is O=C(OCc1ccccc1)N(CCO)Cc1cncc(Br)c1. The van der Waals surface area contributed by atoms with Crippen molar-refractivity contribution in [3.8, 4) is 0 Å². The molecule has 2 rings (SSSR count). The van der Waals surface area contributed by atoms with E-state index in [9.17, 15) is 4.79 Å². The molecule has 0 unspecified atom stereocenters. The maximum atomic E-state index is 12.2. The van der Waals surface area contributed by atoms with Crippen LogP contribution in [-0.2, 0) is 17.9 Å². The Bertz CT molecular complexity index is 607. The molecule has 1 amide bonds. The van der Waals surface area contributed by atoms with Crippen LogP contribution >= 0.6 is 15.9 Å². The van der Waals surface area contributed by atoms with Gasteiger partial charge in [-0.15, -0.1) is 0 Å². The van der Waals surface area contributed by atoms with Gasteiger partial charge in [0.1, 0.15) is 6.61 Å². The molecule has 0 saturated carbocycles. The van der Waals surface area contributed by atoms with E-state index in [1.807, 2.05) is 36.4 Å². The molecule has 2 aromatic rings. The maximum absolute atomic E-state index is 12.2. The molecular formula is C16H17BrN2O3. The van der Waals surface area contributed by atoms with Crippen molar-refractivity contribution in [1.29, 1.82) is 0 Å². The van der Waals surface area contributed by atoms with E-state index in [-0.39, 0.29) is 19.8 Å². The topological polar surface area (TPSA) is 62.7 Å². The maximum Gasteiger partial charge on any atom is 0.410 e. The number of benzene rings is 1. The van der Waals surface area contributed by atoms with Gasteiger partial charge in [-0.3, -0.25) is 4.98 Å². The lowest BCUT2D eigenvalue weighted by atomic mass is 10.2. The highest BCUT2D eigenvalue weighted by Crippen LogP contribution is 2.12. The number of carbonyl (C=O) groups excluding carboxylic acids is 1. The zero-order valence-electron chi connectivity index (χ0n) is 12.0. The van der Waals surface area contributed by atoms with Crippen molar-refractivity contribution in [1.82, 2.24) is 9.88 Å². The molecule has 0 aliphatic heterocycles. The molecule has 22 heavy (non-hydrogen) atoms. The second-order valence-corrected chi connectivity index (χ2v) is 5.61. The summed E-state index contributed by atoms with van der Waals surface area (Å²) in [6.07, 6.45) is 2.89. The number of pyridine rings is 1. The van der Waals surface area contributed by atoms with Crippen molar-refractivity contribution in [2.24, 2.45) is 0 Å². The first-order chi connectivity index (χ1) is 10.7. The highest BCUT2D eigenvalue weighted by atomic mass is 79.9. The number of aromatic nitrogens is 1. The lowest BCUT2D eigenvalue weighted by Crippen LogP contribution is -2.33. The van der Waals surface area contributed by atoms with E-state index in [4.69, 9.17) is 9.84 Å². The fourth-order valence-corrected chi connectivity index (χ4v) is 2.34. The van der Waals surface area contributed by atoms with Crippen LogP contribution in [0.15, 0.2) is 53.3 Å². The summed E-state index contributed by atoms with van der Waals surface area (Å²) in [5.41, 5.74) is 1.78. The second kappa shape index (κ2) is 8.51. The number of aliphatic hydroxyl groups excluding tert-OH is 1. The smallest absolute Gasteiger partial charge is 0.410 e. The molecule has 6 heteroatoms. The van der Waals surface area contributed by atoms with Crippen molar-refractivity contribution < 1.29 is 14.6 Å². The molecule has 116 valence electrons. The lowest BCUT2D eigenvalue weighted by Gasteiger charge is -2.21. The molecule has 0 spiro atoms. The Hall–Kier alpha value is -1.92. The van der Waals surface area contributed by atoms with Crippen molar-refractivity contribution >= 4 is 22.0 Å². The van der Waals surface area contributed by atoms with E-state index in [0.29, 0.717) is 6.54 Å². The number of ether oxygens (including phenoxy) is 1. The summed E-state index contributed by atoms with van der Waals surface area (Å²) in [6.45, 7) is 0.626. The largest absolute Gasteiger partial charge is 0.445 e. The highest BCUT2D eigenvalue weighted by molar-refractivity contribution is 9.10. The Kier molecular flexibility index (Phi) is 6.36. The molecule has 0 bridgehead atoms. The predicted octanol–water partition coefficient (Wildman–Crippen LogP) is 2.98. The summed E-state index contributed by atoms with van der Waals surface area (Å²) in [6, 6.07) is 11.3. The normalized spacial score (nSPS) is 10.3. The lowest BCUT2D eigenvalue weighted by molar-refractivity contribution is 0.0858. The van der Waals surface area contributed by atoms with Gasteiger partial charge in [-0.25, -0.2) is 4.79 Å². The second-order valence-electron chi connectivity index (χ2n) is 4.70. The van der Waals surface area contributed by atoms with Crippen LogP contribution in [0.1, 0.15) is 11.1 Å². The molecule has 0 atom stereocenters. The molecule has 1 aromatic carbocycles. The Balaban J connectivity index is 1.96. The third kappa shape index (κ3) is 5.13. The first-order valence-electron chi connectivity index (χ1n) is 6.85. The summed E-state index contributed by atoms with van der Waals surface area (Å²) in [7, 11) is 0. The van der Waals surface area contributed by atoms with Crippen LogP contribution in [0.5, 0.6) is 0 Å². The van der Waals surface area contributed by atoms with Crippen molar-refractivity contribution in [3.63, 3.8) is 0 Å². The number of aliphatic hydroxyl groups is 1. The monoisotopic (exact) mass is 364 g/mol. The van der Waals surface area contributed by atoms with Gasteiger partial charge in [0.05, 0.1) is 13.2 Å². The van der Waals surface area contributed by atoms with Gasteiger partial charge in [0, 0.05) is 23.4 Å². The van der Waals surface area contributed by atoms with E-state index >= 15 is 0 Å². The van der Waals surface area contributed by atoms with Crippen molar-refractivity contribution in [3.05, 3.63) is 64.4 Å². The molecule has 5 nitrogen and oxygen atoms in total. The van der Waals surface area contributed by atoms with Gasteiger partial charge in [0.25, 0.3) is 0 Å². The Morgan fingerprint density at radius 2 is 2.00 bits per heavy atom. The van der Waals surface area contributed by atoms with Gasteiger partial charge in [-0.05, 0) is 33.1 Å². The van der Waals surface area contributed by atoms with Crippen LogP contribution in [0.3, 0.4) is 0 Å². The van der Waals surface area contributed by atoms with Crippen molar-refractivity contribution in [2.75, 3.05) is 13.2 Å². The summed E-state index contributed by atoms with van der Waals surface area (Å²) in [5, 5.41) is 9.13. The molecular weight excluding hydrogens is 348 g/mol. The molecule has 0 saturated heterocycles. The molecule has 1 heterocycles. The summed E-state index contributed by atoms with van der Waals surface area (Å²) in [4.78, 5) is 17.7. The standard InChI is InChI=1S/C16H17BrN2O3/c17-15-8-14(9-18-10-15)11-19(6-7-20)16(21)22-12-13-4-2-1-3-5-13/h1-5,8-10,20H,6-7,11-12H2. The summed E-state index contributed by atoms with van der Waals surface area (Å²) in [5.74, 6) is 0. The number of hydrogen-bond donors (Lipinski definition) is 1. The third-order valence-electron chi connectivity index (χ3n) is 2.97. The van der Waals surface area contributed by atoms with Crippen LogP contribution in [0.2, 0.25) is 0 Å². The number of nitrogens with zero attached hydrogens (tertiary/aromatic N) is 2. The number of halogens is 1. The van der Waals surface area contributed by atoms with E-state index in [1.165, 1.54) is 4.90 Å². The van der Waals surface area contributed by atoms with E-state index in [0.717, 1.165) is 15.6 Å². The van der Waals surface area contributed by atoms with Gasteiger partial charge in [-0.1, -0.05) is 30.3 Å². The van der Waals surface area contributed by atoms with Crippen LogP contribution in [0.25, 0.3) is 0 Å². The van der Waals surface area contributed by atoms with Crippen LogP contribution in [0, 0.1) is 0 Å². The van der Waals surface area contributed by atoms with Crippen LogP contribution in [-0.4, -0.2) is 34.2 Å². The number of rotatable bonds is 6. The van der Waals surface area contributed by atoms with Crippen LogP contribution in [0.4, 0.5) is 4.79 Å².